The van der Waals surface area contributed by atoms with Gasteiger partial charge in [0.15, 0.2) is 0 Å². The van der Waals surface area contributed by atoms with E-state index in [2.05, 4.69) is 17.1 Å². The first-order chi connectivity index (χ1) is 9.65. The Morgan fingerprint density at radius 3 is 3.00 bits per heavy atom. The average Bonchev–Trinajstić information content (AvgIpc) is 2.91. The lowest BCUT2D eigenvalue weighted by molar-refractivity contribution is 0.277. The van der Waals surface area contributed by atoms with Crippen LogP contribution in [0.25, 0.3) is 0 Å². The number of nitrogens with two attached hydrogens (primary N) is 1. The molecule has 1 aliphatic rings. The molecule has 0 aromatic heterocycles. The zero-order valence-electron chi connectivity index (χ0n) is 12.2. The number of nitrogens with one attached hydrogen (secondary N) is 1. The van der Waals surface area contributed by atoms with Crippen molar-refractivity contribution in [2.45, 2.75) is 25.8 Å². The third-order valence-corrected chi connectivity index (χ3v) is 4.15. The fraction of sp³-hybridized carbons (Fsp3) is 0.533. The number of likely N-dealkylation sites (tertiary alicyclic amines) is 1. The van der Waals surface area contributed by atoms with Crippen molar-refractivity contribution >= 4 is 22.9 Å². The lowest BCUT2D eigenvalue weighted by Crippen LogP contribution is -2.35. The first kappa shape index (κ1) is 15.1. The summed E-state index contributed by atoms with van der Waals surface area (Å²) in [5.74, 6) is 0.811. The Bertz CT molecular complexity index is 478. The number of methoxy groups -OCH3 is 1. The highest BCUT2D eigenvalue weighted by Crippen LogP contribution is 2.24. The molecule has 4 nitrogen and oxygen atoms in total. The molecule has 1 aromatic rings. The molecular weight excluding hydrogens is 270 g/mol. The molecule has 0 bridgehead atoms. The van der Waals surface area contributed by atoms with Crippen molar-refractivity contribution in [3.05, 3.63) is 23.8 Å². The van der Waals surface area contributed by atoms with E-state index in [1.165, 1.54) is 19.4 Å². The van der Waals surface area contributed by atoms with Crippen molar-refractivity contribution in [3.63, 3.8) is 0 Å². The van der Waals surface area contributed by atoms with Crippen LogP contribution in [-0.4, -0.2) is 42.7 Å². The largest absolute Gasteiger partial charge is 0.497 e. The maximum absolute atomic E-state index is 5.78. The Hall–Kier alpha value is -1.33. The van der Waals surface area contributed by atoms with Gasteiger partial charge in [0.25, 0.3) is 0 Å². The molecule has 2 rings (SSSR count). The molecule has 1 saturated heterocycles. The number of likely N-dealkylation sites (N-methyl/N-ethyl adjacent to an activating group) is 1. The predicted octanol–water partition coefficient (Wildman–Crippen LogP) is 2.23. The molecule has 1 aliphatic heterocycles. The summed E-state index contributed by atoms with van der Waals surface area (Å²) in [6.45, 7) is 5.43. The van der Waals surface area contributed by atoms with E-state index in [0.717, 1.165) is 30.1 Å². The highest BCUT2D eigenvalue weighted by Gasteiger charge is 2.22. The Labute approximate surface area is 126 Å². The topological polar surface area (TPSA) is 50.5 Å². The molecule has 1 atom stereocenters. The van der Waals surface area contributed by atoms with Crippen molar-refractivity contribution in [3.8, 4) is 5.75 Å². The van der Waals surface area contributed by atoms with Crippen molar-refractivity contribution in [2.75, 3.05) is 32.1 Å². The molecule has 5 heteroatoms. The lowest BCUT2D eigenvalue weighted by atomic mass is 10.1. The quantitative estimate of drug-likeness (QED) is 0.788. The van der Waals surface area contributed by atoms with E-state index in [1.807, 2.05) is 18.2 Å². The molecule has 1 aromatic carbocycles. The average molecular weight is 293 g/mol. The summed E-state index contributed by atoms with van der Waals surface area (Å²) in [7, 11) is 1.66. The van der Waals surface area contributed by atoms with Gasteiger partial charge in [-0.15, -0.1) is 0 Å². The number of anilines is 1. The predicted molar refractivity (Wildman–Crippen MR) is 87.6 cm³/mol. The highest BCUT2D eigenvalue weighted by atomic mass is 32.1. The Morgan fingerprint density at radius 1 is 1.55 bits per heavy atom. The van der Waals surface area contributed by atoms with Crippen molar-refractivity contribution in [1.29, 1.82) is 0 Å². The summed E-state index contributed by atoms with van der Waals surface area (Å²) < 4.78 is 5.27. The molecule has 0 spiro atoms. The van der Waals surface area contributed by atoms with E-state index in [9.17, 15) is 0 Å². The molecule has 1 heterocycles. The Morgan fingerprint density at radius 2 is 2.35 bits per heavy atom. The van der Waals surface area contributed by atoms with Gasteiger partial charge in [0.05, 0.1) is 7.11 Å². The molecular formula is C15H23N3OS. The fourth-order valence-corrected chi connectivity index (χ4v) is 2.96. The summed E-state index contributed by atoms with van der Waals surface area (Å²) >= 11 is 5.11. The van der Waals surface area contributed by atoms with Crippen LogP contribution in [0.15, 0.2) is 18.2 Å². The molecule has 3 N–H and O–H groups in total. The van der Waals surface area contributed by atoms with Crippen LogP contribution >= 0.6 is 12.2 Å². The van der Waals surface area contributed by atoms with Crippen LogP contribution in [0.5, 0.6) is 5.75 Å². The van der Waals surface area contributed by atoms with Crippen molar-refractivity contribution in [1.82, 2.24) is 4.90 Å². The first-order valence-electron chi connectivity index (χ1n) is 7.11. The number of thiocarbonyl (C=S) groups is 1. The van der Waals surface area contributed by atoms with Gasteiger partial charge in [0, 0.05) is 29.9 Å². The van der Waals surface area contributed by atoms with Crippen LogP contribution in [0.1, 0.15) is 25.3 Å². The van der Waals surface area contributed by atoms with Crippen molar-refractivity contribution < 1.29 is 4.74 Å². The summed E-state index contributed by atoms with van der Waals surface area (Å²) in [4.78, 5) is 2.92. The van der Waals surface area contributed by atoms with E-state index >= 15 is 0 Å². The molecule has 0 aliphatic carbocycles. The maximum Gasteiger partial charge on any atom is 0.120 e. The number of rotatable bonds is 6. The van der Waals surface area contributed by atoms with Crippen LogP contribution in [-0.2, 0) is 0 Å². The minimum absolute atomic E-state index is 0.411. The second-order valence-corrected chi connectivity index (χ2v) is 5.52. The van der Waals surface area contributed by atoms with E-state index in [1.54, 1.807) is 7.11 Å². The van der Waals surface area contributed by atoms with E-state index in [4.69, 9.17) is 22.7 Å². The van der Waals surface area contributed by atoms with Crippen molar-refractivity contribution in [2.24, 2.45) is 5.73 Å². The van der Waals surface area contributed by atoms with E-state index in [0.29, 0.717) is 11.0 Å². The van der Waals surface area contributed by atoms with Crippen LogP contribution in [0.3, 0.4) is 0 Å². The number of hydrogen-bond donors (Lipinski definition) is 2. The second kappa shape index (κ2) is 6.90. The molecule has 1 unspecified atom stereocenters. The Kier molecular flexibility index (Phi) is 5.20. The first-order valence-corrected chi connectivity index (χ1v) is 7.52. The number of nitrogens with zero attached hydrogens (tertiary/aromatic N) is 1. The second-order valence-electron chi connectivity index (χ2n) is 5.08. The zero-order valence-corrected chi connectivity index (χ0v) is 13.0. The lowest BCUT2D eigenvalue weighted by Gasteiger charge is -2.24. The van der Waals surface area contributed by atoms with Gasteiger partial charge >= 0.3 is 0 Å². The molecule has 0 radical (unpaired) electrons. The van der Waals surface area contributed by atoms with Crippen LogP contribution in [0.4, 0.5) is 5.69 Å². The van der Waals surface area contributed by atoms with Gasteiger partial charge in [0.2, 0.25) is 0 Å². The molecule has 1 fully saturated rings. The minimum atomic E-state index is 0.411. The monoisotopic (exact) mass is 293 g/mol. The fourth-order valence-electron chi connectivity index (χ4n) is 2.78. The summed E-state index contributed by atoms with van der Waals surface area (Å²) in [6, 6.07) is 6.34. The number of hydrogen-bond acceptors (Lipinski definition) is 4. The van der Waals surface area contributed by atoms with Crippen LogP contribution in [0, 0.1) is 0 Å². The molecule has 0 saturated carbocycles. The van der Waals surface area contributed by atoms with Gasteiger partial charge < -0.3 is 15.8 Å². The van der Waals surface area contributed by atoms with E-state index in [-0.39, 0.29) is 0 Å². The van der Waals surface area contributed by atoms with Crippen LogP contribution < -0.4 is 15.8 Å². The van der Waals surface area contributed by atoms with Crippen LogP contribution in [0.2, 0.25) is 0 Å². The summed E-state index contributed by atoms with van der Waals surface area (Å²) in [5.41, 5.74) is 7.62. The summed E-state index contributed by atoms with van der Waals surface area (Å²) in [5, 5.41) is 3.49. The number of ether oxygens (including phenoxy) is 1. The highest BCUT2D eigenvalue weighted by molar-refractivity contribution is 7.80. The SMILES string of the molecule is CCN1CCCC1CNc1cc(OC)ccc1C(N)=S. The van der Waals surface area contributed by atoms with Gasteiger partial charge in [-0.3, -0.25) is 4.90 Å². The molecule has 110 valence electrons. The maximum atomic E-state index is 5.78. The smallest absolute Gasteiger partial charge is 0.120 e. The minimum Gasteiger partial charge on any atom is -0.497 e. The molecule has 0 amide bonds. The van der Waals surface area contributed by atoms with Gasteiger partial charge in [-0.05, 0) is 38.1 Å². The Balaban J connectivity index is 2.09. The van der Waals surface area contributed by atoms with Gasteiger partial charge in [-0.2, -0.15) is 0 Å². The van der Waals surface area contributed by atoms with E-state index < -0.39 is 0 Å². The number of benzene rings is 1. The third kappa shape index (κ3) is 3.41. The molecule has 20 heavy (non-hydrogen) atoms. The summed E-state index contributed by atoms with van der Waals surface area (Å²) in [6.07, 6.45) is 2.52. The normalized spacial score (nSPS) is 19.0. The van der Waals surface area contributed by atoms with Gasteiger partial charge in [0.1, 0.15) is 10.7 Å². The standard InChI is InChI=1S/C15H23N3OS/c1-3-18-8-4-5-11(18)10-17-14-9-12(19-2)6-7-13(14)15(16)20/h6-7,9,11,17H,3-5,8,10H2,1-2H3,(H2,16,20). The van der Waals surface area contributed by atoms with Gasteiger partial charge in [-0.25, -0.2) is 0 Å². The van der Waals surface area contributed by atoms with Gasteiger partial charge in [-0.1, -0.05) is 19.1 Å². The zero-order chi connectivity index (χ0) is 14.5. The third-order valence-electron chi connectivity index (χ3n) is 3.93.